The summed E-state index contributed by atoms with van der Waals surface area (Å²) in [5.41, 5.74) is 1.61. The minimum absolute atomic E-state index is 0.236. The van der Waals surface area contributed by atoms with Crippen molar-refractivity contribution in [2.45, 2.75) is 64.6 Å². The van der Waals surface area contributed by atoms with Crippen LogP contribution < -0.4 is 15.4 Å². The minimum Gasteiger partial charge on any atom is -0.496 e. The number of aliphatic carboxylic acids is 1. The molecule has 1 fully saturated rings. The lowest BCUT2D eigenvalue weighted by Gasteiger charge is -2.27. The summed E-state index contributed by atoms with van der Waals surface area (Å²) >= 11 is 0. The number of Topliss-reactive ketones (excluding diaryl/α,β-unsaturated/α-hetero) is 1. The summed E-state index contributed by atoms with van der Waals surface area (Å²) in [5.74, 6) is -7.43. The van der Waals surface area contributed by atoms with Crippen molar-refractivity contribution >= 4 is 29.5 Å². The predicted molar refractivity (Wildman–Crippen MR) is 119 cm³/mol. The van der Waals surface area contributed by atoms with Gasteiger partial charge in [-0.15, -0.1) is 0 Å². The monoisotopic (exact) mass is 497 g/mol. The molecule has 1 heterocycles. The molecule has 35 heavy (non-hydrogen) atoms. The molecular weight excluding hydrogens is 468 g/mol. The molecule has 3 N–H and O–H groups in total. The van der Waals surface area contributed by atoms with Gasteiger partial charge in [-0.25, -0.2) is 8.78 Å². The van der Waals surface area contributed by atoms with E-state index in [1.807, 2.05) is 0 Å². The van der Waals surface area contributed by atoms with E-state index < -0.39 is 72.9 Å². The number of nitrogens with zero attached hydrogens (tertiary/aromatic N) is 1. The number of ketones is 1. The molecule has 0 aromatic heterocycles. The number of carboxylic acids is 1. The molecule has 2 unspecified atom stereocenters. The molecule has 0 saturated carbocycles. The number of hydrogen-bond acceptors (Lipinski definition) is 6. The molecule has 1 aromatic rings. The van der Waals surface area contributed by atoms with E-state index in [0.717, 1.165) is 6.92 Å². The molecule has 12 heteroatoms. The van der Waals surface area contributed by atoms with Gasteiger partial charge in [-0.05, 0) is 51.0 Å². The maximum atomic E-state index is 14.2. The van der Waals surface area contributed by atoms with Crippen molar-refractivity contribution in [3.05, 3.63) is 28.8 Å². The molecule has 1 aliphatic heterocycles. The molecule has 10 nitrogen and oxygen atoms in total. The summed E-state index contributed by atoms with van der Waals surface area (Å²) in [4.78, 5) is 61.6. The van der Waals surface area contributed by atoms with Crippen LogP contribution in [-0.2, 0) is 19.2 Å². The SMILES string of the molecule is COc1c(C)cc(C(=O)NC(C)C(=O)N2CC(F)(F)C[C@H]2C(=O)NC(CC(=O)O)C(C)=O)cc1C. The van der Waals surface area contributed by atoms with Gasteiger partial charge in [0.05, 0.1) is 26.1 Å². The molecule has 0 spiro atoms. The van der Waals surface area contributed by atoms with Crippen molar-refractivity contribution in [1.29, 1.82) is 0 Å². The zero-order valence-corrected chi connectivity index (χ0v) is 20.1. The van der Waals surface area contributed by atoms with Crippen LogP contribution in [0.4, 0.5) is 8.78 Å². The second-order valence-corrected chi connectivity index (χ2v) is 8.65. The van der Waals surface area contributed by atoms with E-state index in [4.69, 9.17) is 9.84 Å². The highest BCUT2D eigenvalue weighted by molar-refractivity contribution is 5.99. The van der Waals surface area contributed by atoms with Crippen LogP contribution in [0.5, 0.6) is 5.75 Å². The standard InChI is InChI=1S/C23H29F2N3O7/c1-11-6-15(7-12(2)19(11)35-5)20(32)26-13(3)22(34)28-10-23(24,25)9-17(28)21(33)27-16(14(4)29)8-18(30)31/h6-7,13,16-17H,8-10H2,1-5H3,(H,26,32)(H,27,33)(H,30,31)/t13?,16?,17-/m0/s1. The average molecular weight is 497 g/mol. The van der Waals surface area contributed by atoms with Crippen molar-refractivity contribution in [2.75, 3.05) is 13.7 Å². The first-order chi connectivity index (χ1) is 16.2. The number of carbonyl (C=O) groups excluding carboxylic acids is 4. The second kappa shape index (κ2) is 10.8. The lowest BCUT2D eigenvalue weighted by molar-refractivity contribution is -0.142. The average Bonchev–Trinajstić information content (AvgIpc) is 3.07. The van der Waals surface area contributed by atoms with Gasteiger partial charge in [-0.1, -0.05) is 0 Å². The zero-order valence-electron chi connectivity index (χ0n) is 20.1. The Morgan fingerprint density at radius 1 is 1.17 bits per heavy atom. The van der Waals surface area contributed by atoms with Crippen LogP contribution in [0, 0.1) is 13.8 Å². The normalized spacial score (nSPS) is 18.4. The van der Waals surface area contributed by atoms with E-state index in [9.17, 15) is 32.8 Å². The van der Waals surface area contributed by atoms with Gasteiger partial charge in [-0.3, -0.25) is 24.0 Å². The van der Waals surface area contributed by atoms with E-state index in [1.54, 1.807) is 26.0 Å². The van der Waals surface area contributed by atoms with Gasteiger partial charge in [0.1, 0.15) is 17.8 Å². The van der Waals surface area contributed by atoms with Gasteiger partial charge in [0.25, 0.3) is 11.8 Å². The predicted octanol–water partition coefficient (Wildman–Crippen LogP) is 1.22. The Morgan fingerprint density at radius 2 is 1.74 bits per heavy atom. The van der Waals surface area contributed by atoms with Crippen molar-refractivity contribution in [3.8, 4) is 5.75 Å². The maximum absolute atomic E-state index is 14.2. The molecule has 2 rings (SSSR count). The van der Waals surface area contributed by atoms with Gasteiger partial charge in [-0.2, -0.15) is 0 Å². The highest BCUT2D eigenvalue weighted by Gasteiger charge is 2.51. The fraction of sp³-hybridized carbons (Fsp3) is 0.522. The molecule has 1 aliphatic rings. The fourth-order valence-corrected chi connectivity index (χ4v) is 4.02. The van der Waals surface area contributed by atoms with Gasteiger partial charge in [0.2, 0.25) is 11.8 Å². The molecule has 0 bridgehead atoms. The first-order valence-corrected chi connectivity index (χ1v) is 10.8. The first kappa shape index (κ1) is 27.7. The first-order valence-electron chi connectivity index (χ1n) is 10.8. The third kappa shape index (κ3) is 6.74. The number of hydrogen-bond donors (Lipinski definition) is 3. The number of carboxylic acid groups (broad SMARTS) is 1. The highest BCUT2D eigenvalue weighted by Crippen LogP contribution is 2.33. The summed E-state index contributed by atoms with van der Waals surface area (Å²) in [6.07, 6.45) is -1.73. The van der Waals surface area contributed by atoms with Crippen molar-refractivity contribution in [2.24, 2.45) is 0 Å². The van der Waals surface area contributed by atoms with E-state index >= 15 is 0 Å². The van der Waals surface area contributed by atoms with E-state index in [0.29, 0.717) is 21.8 Å². The number of nitrogens with one attached hydrogen (secondary N) is 2. The Kier molecular flexibility index (Phi) is 8.53. The quantitative estimate of drug-likeness (QED) is 0.466. The number of benzene rings is 1. The summed E-state index contributed by atoms with van der Waals surface area (Å²) < 4.78 is 33.6. The van der Waals surface area contributed by atoms with Gasteiger partial charge in [0, 0.05) is 12.0 Å². The third-order valence-electron chi connectivity index (χ3n) is 5.69. The van der Waals surface area contributed by atoms with Gasteiger partial charge >= 0.3 is 5.97 Å². The topological polar surface area (TPSA) is 142 Å². The summed E-state index contributed by atoms with van der Waals surface area (Å²) in [6, 6.07) is -1.20. The summed E-state index contributed by atoms with van der Waals surface area (Å²) in [7, 11) is 1.49. The Bertz CT molecular complexity index is 1020. The number of ether oxygens (including phenoxy) is 1. The zero-order chi connectivity index (χ0) is 26.7. The lowest BCUT2D eigenvalue weighted by Crippen LogP contribution is -2.54. The Morgan fingerprint density at radius 3 is 2.23 bits per heavy atom. The molecule has 3 atom stereocenters. The number of alkyl halides is 2. The number of halogens is 2. The van der Waals surface area contributed by atoms with Crippen molar-refractivity contribution < 1.29 is 42.6 Å². The maximum Gasteiger partial charge on any atom is 0.305 e. The summed E-state index contributed by atoms with van der Waals surface area (Å²) in [6.45, 7) is 4.78. The lowest BCUT2D eigenvalue weighted by atomic mass is 10.0. The number of amides is 3. The van der Waals surface area contributed by atoms with Crippen molar-refractivity contribution in [1.82, 2.24) is 15.5 Å². The van der Waals surface area contributed by atoms with Gasteiger partial charge < -0.3 is 25.4 Å². The van der Waals surface area contributed by atoms with E-state index in [1.165, 1.54) is 14.0 Å². The molecule has 3 amide bonds. The largest absolute Gasteiger partial charge is 0.496 e. The van der Waals surface area contributed by atoms with Crippen LogP contribution in [0.2, 0.25) is 0 Å². The summed E-state index contributed by atoms with van der Waals surface area (Å²) in [5, 5.41) is 13.5. The van der Waals surface area contributed by atoms with Crippen LogP contribution in [0.25, 0.3) is 0 Å². The number of rotatable bonds is 9. The number of carbonyl (C=O) groups is 5. The molecule has 1 aromatic carbocycles. The molecule has 0 radical (unpaired) electrons. The van der Waals surface area contributed by atoms with Crippen LogP contribution in [0.15, 0.2) is 12.1 Å². The molecule has 0 aliphatic carbocycles. The number of likely N-dealkylation sites (tertiary alicyclic amines) is 1. The van der Waals surface area contributed by atoms with E-state index in [2.05, 4.69) is 10.6 Å². The second-order valence-electron chi connectivity index (χ2n) is 8.65. The molecule has 192 valence electrons. The number of aryl methyl sites for hydroxylation is 2. The van der Waals surface area contributed by atoms with Crippen LogP contribution in [-0.4, -0.2) is 77.2 Å². The Hall–Kier alpha value is -3.57. The van der Waals surface area contributed by atoms with Gasteiger partial charge in [0.15, 0.2) is 5.78 Å². The van der Waals surface area contributed by atoms with E-state index in [-0.39, 0.29) is 5.56 Å². The minimum atomic E-state index is -3.38. The van der Waals surface area contributed by atoms with Crippen LogP contribution in [0.1, 0.15) is 48.2 Å². The van der Waals surface area contributed by atoms with Crippen LogP contribution in [0.3, 0.4) is 0 Å². The molecule has 1 saturated heterocycles. The van der Waals surface area contributed by atoms with Crippen LogP contribution >= 0.6 is 0 Å². The Labute approximate surface area is 201 Å². The molecular formula is C23H29F2N3O7. The van der Waals surface area contributed by atoms with Crippen molar-refractivity contribution in [3.63, 3.8) is 0 Å². The fourth-order valence-electron chi connectivity index (χ4n) is 4.02. The Balaban J connectivity index is 2.18. The third-order valence-corrected chi connectivity index (χ3v) is 5.69. The number of methoxy groups -OCH3 is 1. The highest BCUT2D eigenvalue weighted by atomic mass is 19.3. The smallest absolute Gasteiger partial charge is 0.305 e.